The third-order valence-electron chi connectivity index (χ3n) is 5.53. The average Bonchev–Trinajstić information content (AvgIpc) is 3.26. The summed E-state index contributed by atoms with van der Waals surface area (Å²) in [6.45, 7) is 4.56. The van der Waals surface area contributed by atoms with Gasteiger partial charge in [0.2, 0.25) is 16.8 Å². The molecule has 0 saturated carbocycles. The minimum absolute atomic E-state index is 0.213. The van der Waals surface area contributed by atoms with Crippen LogP contribution >= 0.6 is 0 Å². The van der Waals surface area contributed by atoms with Crippen LogP contribution in [0.25, 0.3) is 0 Å². The highest BCUT2D eigenvalue weighted by Crippen LogP contribution is 2.33. The number of benzene rings is 2. The number of nitrogens with zero attached hydrogens (tertiary/aromatic N) is 2. The molecule has 172 valence electrons. The van der Waals surface area contributed by atoms with Crippen LogP contribution in [-0.4, -0.2) is 70.3 Å². The van der Waals surface area contributed by atoms with Crippen LogP contribution in [-0.2, 0) is 26.1 Å². The molecule has 9 nitrogen and oxygen atoms in total. The minimum atomic E-state index is -3.62. The molecule has 0 bridgehead atoms. The first-order valence-corrected chi connectivity index (χ1v) is 11.7. The third-order valence-corrected chi connectivity index (χ3v) is 7.43. The van der Waals surface area contributed by atoms with Crippen molar-refractivity contribution in [3.63, 3.8) is 0 Å². The second-order valence-electron chi connectivity index (χ2n) is 7.66. The number of hydrogen-bond acceptors (Lipinski definition) is 8. The highest BCUT2D eigenvalue weighted by atomic mass is 32.2. The van der Waals surface area contributed by atoms with Gasteiger partial charge in [0, 0.05) is 32.7 Å². The Morgan fingerprint density at radius 2 is 1.78 bits per heavy atom. The summed E-state index contributed by atoms with van der Waals surface area (Å²) in [6.07, 6.45) is 0. The van der Waals surface area contributed by atoms with E-state index in [1.54, 1.807) is 19.1 Å². The van der Waals surface area contributed by atoms with E-state index in [9.17, 15) is 13.2 Å². The van der Waals surface area contributed by atoms with Crippen molar-refractivity contribution in [2.45, 2.75) is 18.4 Å². The molecule has 1 saturated heterocycles. The maximum Gasteiger partial charge on any atom is 0.343 e. The summed E-state index contributed by atoms with van der Waals surface area (Å²) in [6, 6.07) is 10.5. The monoisotopic (exact) mass is 462 g/mol. The lowest BCUT2D eigenvalue weighted by atomic mass is 10.2. The molecular formula is C22H26N2O7S. The van der Waals surface area contributed by atoms with Crippen molar-refractivity contribution in [1.82, 2.24) is 9.21 Å². The normalized spacial score (nSPS) is 16.7. The predicted molar refractivity (Wildman–Crippen MR) is 115 cm³/mol. The summed E-state index contributed by atoms with van der Waals surface area (Å²) in [5, 5.41) is 0. The molecule has 0 atom stereocenters. The number of aryl methyl sites for hydroxylation is 1. The number of hydrogen-bond donors (Lipinski definition) is 0. The quantitative estimate of drug-likeness (QED) is 0.575. The number of carbonyl (C=O) groups is 1. The van der Waals surface area contributed by atoms with Gasteiger partial charge in [-0.1, -0.05) is 6.07 Å². The van der Waals surface area contributed by atoms with Crippen LogP contribution in [0.5, 0.6) is 17.2 Å². The fourth-order valence-corrected chi connectivity index (χ4v) is 5.22. The van der Waals surface area contributed by atoms with Crippen LogP contribution in [0.1, 0.15) is 11.1 Å². The van der Waals surface area contributed by atoms with Crippen LogP contribution in [0.15, 0.2) is 41.3 Å². The van der Waals surface area contributed by atoms with Gasteiger partial charge in [-0.2, -0.15) is 4.31 Å². The zero-order chi connectivity index (χ0) is 22.7. The van der Waals surface area contributed by atoms with Crippen LogP contribution < -0.4 is 14.2 Å². The molecule has 0 spiro atoms. The number of piperazine rings is 1. The van der Waals surface area contributed by atoms with E-state index >= 15 is 0 Å². The van der Waals surface area contributed by atoms with Gasteiger partial charge in [0.05, 0.1) is 12.0 Å². The van der Waals surface area contributed by atoms with E-state index < -0.39 is 16.0 Å². The molecule has 2 aromatic rings. The van der Waals surface area contributed by atoms with Gasteiger partial charge >= 0.3 is 5.97 Å². The zero-order valence-electron chi connectivity index (χ0n) is 18.1. The number of fused-ring (bicyclic) bond motifs is 1. The number of esters is 1. The van der Waals surface area contributed by atoms with E-state index in [-0.39, 0.29) is 18.3 Å². The van der Waals surface area contributed by atoms with E-state index in [4.69, 9.17) is 14.2 Å². The molecular weight excluding hydrogens is 436 g/mol. The summed E-state index contributed by atoms with van der Waals surface area (Å²) < 4.78 is 48.5. The van der Waals surface area contributed by atoms with Crippen molar-refractivity contribution in [2.24, 2.45) is 0 Å². The molecule has 2 aliphatic heterocycles. The molecule has 2 aliphatic rings. The van der Waals surface area contributed by atoms with Gasteiger partial charge in [0.15, 0.2) is 18.1 Å². The van der Waals surface area contributed by atoms with Crippen LogP contribution in [0, 0.1) is 6.92 Å². The molecule has 2 aromatic carbocycles. The molecule has 2 heterocycles. The molecule has 0 N–H and O–H groups in total. The Hall–Kier alpha value is -2.82. The summed E-state index contributed by atoms with van der Waals surface area (Å²) in [7, 11) is -2.34. The largest absolute Gasteiger partial charge is 0.482 e. The number of rotatable bonds is 7. The molecule has 0 aliphatic carbocycles. The van der Waals surface area contributed by atoms with Gasteiger partial charge in [-0.3, -0.25) is 4.90 Å². The van der Waals surface area contributed by atoms with Crippen LogP contribution in [0.4, 0.5) is 0 Å². The van der Waals surface area contributed by atoms with Crippen molar-refractivity contribution < 1.29 is 32.2 Å². The summed E-state index contributed by atoms with van der Waals surface area (Å²) in [4.78, 5) is 13.7. The molecule has 32 heavy (non-hydrogen) atoms. The third kappa shape index (κ3) is 4.82. The first-order chi connectivity index (χ1) is 15.4. The molecule has 10 heteroatoms. The Balaban J connectivity index is 1.36. The maximum atomic E-state index is 13.1. The van der Waals surface area contributed by atoms with Crippen molar-refractivity contribution in [3.05, 3.63) is 47.5 Å². The smallest absolute Gasteiger partial charge is 0.343 e. The van der Waals surface area contributed by atoms with Crippen molar-refractivity contribution >= 4 is 16.0 Å². The zero-order valence-corrected chi connectivity index (χ0v) is 18.9. The first kappa shape index (κ1) is 22.4. The lowest BCUT2D eigenvalue weighted by Gasteiger charge is -2.34. The molecule has 1 fully saturated rings. The molecule has 4 rings (SSSR count). The number of sulfonamides is 1. The molecule has 0 unspecified atom stereocenters. The van der Waals surface area contributed by atoms with Gasteiger partial charge in [0.25, 0.3) is 0 Å². The molecule has 0 radical (unpaired) electrons. The lowest BCUT2D eigenvalue weighted by molar-refractivity contribution is -0.142. The maximum absolute atomic E-state index is 13.1. The van der Waals surface area contributed by atoms with Crippen LogP contribution in [0.2, 0.25) is 0 Å². The second-order valence-corrected chi connectivity index (χ2v) is 9.60. The van der Waals surface area contributed by atoms with E-state index in [0.29, 0.717) is 37.5 Å². The first-order valence-electron chi connectivity index (χ1n) is 10.3. The Morgan fingerprint density at radius 3 is 2.50 bits per heavy atom. The van der Waals surface area contributed by atoms with Gasteiger partial charge in [-0.15, -0.1) is 0 Å². The van der Waals surface area contributed by atoms with Crippen LogP contribution in [0.3, 0.4) is 0 Å². The Labute approximate surface area is 187 Å². The molecule has 0 amide bonds. The Bertz CT molecular complexity index is 1100. The van der Waals surface area contributed by atoms with E-state index in [2.05, 4.69) is 9.64 Å². The van der Waals surface area contributed by atoms with Gasteiger partial charge in [0.1, 0.15) is 5.75 Å². The summed E-state index contributed by atoms with van der Waals surface area (Å²) in [5.74, 6) is 1.45. The summed E-state index contributed by atoms with van der Waals surface area (Å²) >= 11 is 0. The van der Waals surface area contributed by atoms with Crippen molar-refractivity contribution in [2.75, 3.05) is 46.7 Å². The highest BCUT2D eigenvalue weighted by Gasteiger charge is 2.29. The lowest BCUT2D eigenvalue weighted by Crippen LogP contribution is -2.48. The fraction of sp³-hybridized carbons (Fsp3) is 0.409. The van der Waals surface area contributed by atoms with Crippen molar-refractivity contribution in [1.29, 1.82) is 0 Å². The van der Waals surface area contributed by atoms with E-state index in [0.717, 1.165) is 23.6 Å². The molecule has 0 aromatic heterocycles. The highest BCUT2D eigenvalue weighted by molar-refractivity contribution is 7.89. The van der Waals surface area contributed by atoms with Gasteiger partial charge in [-0.05, 0) is 48.4 Å². The second kappa shape index (κ2) is 9.35. The minimum Gasteiger partial charge on any atom is -0.482 e. The average molecular weight is 463 g/mol. The fourth-order valence-electron chi connectivity index (χ4n) is 3.71. The standard InChI is InChI=1S/C22H26N2O7S/c1-16-11-18(4-6-19(16)29-14-22(25)28-2)32(26,27)24-9-7-23(8-10-24)13-17-3-5-20-21(12-17)31-15-30-20/h3-6,11-12H,7-10,13-15H2,1-2H3. The van der Waals surface area contributed by atoms with Gasteiger partial charge < -0.3 is 18.9 Å². The number of ether oxygens (including phenoxy) is 4. The number of methoxy groups -OCH3 is 1. The topological polar surface area (TPSA) is 94.6 Å². The predicted octanol–water partition coefficient (Wildman–Crippen LogP) is 1.78. The summed E-state index contributed by atoms with van der Waals surface area (Å²) in [5.41, 5.74) is 1.74. The Kier molecular flexibility index (Phi) is 6.54. The van der Waals surface area contributed by atoms with Gasteiger partial charge in [-0.25, -0.2) is 13.2 Å². The van der Waals surface area contributed by atoms with E-state index in [1.807, 2.05) is 18.2 Å². The Morgan fingerprint density at radius 1 is 1.03 bits per heavy atom. The van der Waals surface area contributed by atoms with Crippen molar-refractivity contribution in [3.8, 4) is 17.2 Å². The SMILES string of the molecule is COC(=O)COc1ccc(S(=O)(=O)N2CCN(Cc3ccc4c(c3)OCO4)CC2)cc1C. The number of carbonyl (C=O) groups excluding carboxylic acids is 1. The van der Waals surface area contributed by atoms with E-state index in [1.165, 1.54) is 17.5 Å².